The standard InChI is InChI=1S/C6H4INS2/c7-3-1-9-6-5(3)4(8)2-10-6/h1-2H,8H2. The second-order valence-corrected chi connectivity index (χ2v) is 5.12. The van der Waals surface area contributed by atoms with Crippen LogP contribution in [0.15, 0.2) is 10.8 Å². The molecule has 1 nitrogen and oxygen atoms in total. The van der Waals surface area contributed by atoms with Gasteiger partial charge in [0.2, 0.25) is 0 Å². The van der Waals surface area contributed by atoms with E-state index in [0.29, 0.717) is 0 Å². The number of hydrogen-bond donors (Lipinski definition) is 1. The van der Waals surface area contributed by atoms with Crippen molar-refractivity contribution in [2.45, 2.75) is 0 Å². The van der Waals surface area contributed by atoms with Crippen molar-refractivity contribution < 1.29 is 0 Å². The lowest BCUT2D eigenvalue weighted by Gasteiger charge is -1.83. The summed E-state index contributed by atoms with van der Waals surface area (Å²) < 4.78 is 2.61. The highest BCUT2D eigenvalue weighted by Crippen LogP contribution is 2.36. The van der Waals surface area contributed by atoms with E-state index in [1.165, 1.54) is 13.0 Å². The van der Waals surface area contributed by atoms with Crippen molar-refractivity contribution in [1.82, 2.24) is 0 Å². The quantitative estimate of drug-likeness (QED) is 0.738. The SMILES string of the molecule is Nc1csc2scc(I)c12. The number of hydrogen-bond acceptors (Lipinski definition) is 3. The summed E-state index contributed by atoms with van der Waals surface area (Å²) in [5.41, 5.74) is 6.66. The minimum absolute atomic E-state index is 0.922. The Labute approximate surface area is 80.0 Å². The number of nitrogen functional groups attached to an aromatic ring is 1. The fraction of sp³-hybridized carbons (Fsp3) is 0. The monoisotopic (exact) mass is 281 g/mol. The summed E-state index contributed by atoms with van der Waals surface area (Å²) in [6, 6.07) is 0. The molecule has 0 spiro atoms. The van der Waals surface area contributed by atoms with Gasteiger partial charge in [0.15, 0.2) is 0 Å². The van der Waals surface area contributed by atoms with Crippen LogP contribution in [0.5, 0.6) is 0 Å². The molecule has 52 valence electrons. The van der Waals surface area contributed by atoms with Gasteiger partial charge in [0.1, 0.15) is 0 Å². The van der Waals surface area contributed by atoms with Crippen LogP contribution in [0.4, 0.5) is 5.69 Å². The normalized spacial score (nSPS) is 10.9. The third kappa shape index (κ3) is 0.860. The molecule has 0 fully saturated rings. The Morgan fingerprint density at radius 1 is 1.30 bits per heavy atom. The Kier molecular flexibility index (Phi) is 1.62. The fourth-order valence-electron chi connectivity index (χ4n) is 0.839. The summed E-state index contributed by atoms with van der Waals surface area (Å²) in [6.07, 6.45) is 0. The van der Waals surface area contributed by atoms with E-state index in [1.54, 1.807) is 22.7 Å². The zero-order chi connectivity index (χ0) is 7.14. The number of nitrogens with two attached hydrogens (primary N) is 1. The molecule has 0 unspecified atom stereocenters. The number of fused-ring (bicyclic) bond motifs is 1. The van der Waals surface area contributed by atoms with Crippen molar-refractivity contribution in [1.29, 1.82) is 0 Å². The zero-order valence-corrected chi connectivity index (χ0v) is 8.72. The maximum atomic E-state index is 5.73. The van der Waals surface area contributed by atoms with Crippen molar-refractivity contribution >= 4 is 60.4 Å². The molecule has 2 heterocycles. The topological polar surface area (TPSA) is 26.0 Å². The van der Waals surface area contributed by atoms with Crippen LogP contribution in [0.25, 0.3) is 9.40 Å². The lowest BCUT2D eigenvalue weighted by Crippen LogP contribution is -1.79. The first-order chi connectivity index (χ1) is 4.79. The lowest BCUT2D eigenvalue weighted by atomic mass is 10.4. The second-order valence-electron chi connectivity index (χ2n) is 1.94. The van der Waals surface area contributed by atoms with Gasteiger partial charge in [0, 0.05) is 19.7 Å². The first-order valence-electron chi connectivity index (χ1n) is 2.68. The molecule has 2 N–H and O–H groups in total. The summed E-state index contributed by atoms with van der Waals surface area (Å²) in [4.78, 5) is 0. The van der Waals surface area contributed by atoms with E-state index in [9.17, 15) is 0 Å². The highest BCUT2D eigenvalue weighted by Gasteiger charge is 2.05. The van der Waals surface area contributed by atoms with E-state index in [0.717, 1.165) is 5.69 Å². The second kappa shape index (κ2) is 2.35. The van der Waals surface area contributed by atoms with Crippen LogP contribution in [-0.4, -0.2) is 0 Å². The van der Waals surface area contributed by atoms with Crippen molar-refractivity contribution in [2.75, 3.05) is 5.73 Å². The number of anilines is 1. The smallest absolute Gasteiger partial charge is 0.0897 e. The number of rotatable bonds is 0. The third-order valence-electron chi connectivity index (χ3n) is 1.29. The average Bonchev–Trinajstić information content (AvgIpc) is 2.40. The highest BCUT2D eigenvalue weighted by atomic mass is 127. The molecule has 0 radical (unpaired) electrons. The molecule has 0 bridgehead atoms. The predicted octanol–water partition coefficient (Wildman–Crippen LogP) is 3.15. The molecule has 0 aliphatic heterocycles. The Morgan fingerprint density at radius 2 is 2.00 bits per heavy atom. The van der Waals surface area contributed by atoms with Crippen LogP contribution in [-0.2, 0) is 0 Å². The molecule has 0 amide bonds. The van der Waals surface area contributed by atoms with E-state index in [4.69, 9.17) is 5.73 Å². The van der Waals surface area contributed by atoms with Crippen molar-refractivity contribution in [3.63, 3.8) is 0 Å². The van der Waals surface area contributed by atoms with Crippen molar-refractivity contribution in [3.05, 3.63) is 14.3 Å². The molecule has 2 aromatic rings. The molecule has 0 saturated carbocycles. The minimum Gasteiger partial charge on any atom is -0.397 e. The summed E-state index contributed by atoms with van der Waals surface area (Å²) in [5.74, 6) is 0. The predicted molar refractivity (Wildman–Crippen MR) is 56.8 cm³/mol. The van der Waals surface area contributed by atoms with Gasteiger partial charge in [-0.2, -0.15) is 0 Å². The molecular formula is C6H4INS2. The molecule has 0 aliphatic carbocycles. The van der Waals surface area contributed by atoms with Crippen LogP contribution < -0.4 is 5.73 Å². The zero-order valence-electron chi connectivity index (χ0n) is 4.93. The van der Waals surface area contributed by atoms with Gasteiger partial charge in [-0.3, -0.25) is 0 Å². The van der Waals surface area contributed by atoms with Crippen molar-refractivity contribution in [2.24, 2.45) is 0 Å². The molecule has 0 saturated heterocycles. The van der Waals surface area contributed by atoms with Crippen LogP contribution in [0.1, 0.15) is 0 Å². The van der Waals surface area contributed by atoms with E-state index in [2.05, 4.69) is 28.0 Å². The van der Waals surface area contributed by atoms with Gasteiger partial charge in [-0.25, -0.2) is 0 Å². The van der Waals surface area contributed by atoms with Gasteiger partial charge in [0.05, 0.1) is 9.70 Å². The maximum Gasteiger partial charge on any atom is 0.0897 e. The summed E-state index contributed by atoms with van der Waals surface area (Å²) in [7, 11) is 0. The van der Waals surface area contributed by atoms with Gasteiger partial charge in [0.25, 0.3) is 0 Å². The molecule has 0 aromatic carbocycles. The van der Waals surface area contributed by atoms with Crippen LogP contribution >= 0.6 is 45.3 Å². The van der Waals surface area contributed by atoms with Crippen LogP contribution in [0.2, 0.25) is 0 Å². The maximum absolute atomic E-state index is 5.73. The summed E-state index contributed by atoms with van der Waals surface area (Å²) >= 11 is 5.80. The molecule has 2 rings (SSSR count). The summed E-state index contributed by atoms with van der Waals surface area (Å²) in [5, 5.41) is 5.39. The Hall–Kier alpha value is 0.190. The number of thiophene rings is 2. The van der Waals surface area contributed by atoms with Gasteiger partial charge in [-0.15, -0.1) is 22.7 Å². The van der Waals surface area contributed by atoms with E-state index in [-0.39, 0.29) is 0 Å². The van der Waals surface area contributed by atoms with E-state index >= 15 is 0 Å². The van der Waals surface area contributed by atoms with Crippen LogP contribution in [0, 0.1) is 3.57 Å². The Morgan fingerprint density at radius 3 is 2.70 bits per heavy atom. The molecule has 10 heavy (non-hydrogen) atoms. The van der Waals surface area contributed by atoms with E-state index < -0.39 is 0 Å². The first-order valence-corrected chi connectivity index (χ1v) is 5.52. The fourth-order valence-corrected chi connectivity index (χ4v) is 4.05. The molecule has 0 atom stereocenters. The van der Waals surface area contributed by atoms with Crippen molar-refractivity contribution in [3.8, 4) is 0 Å². The average molecular weight is 281 g/mol. The van der Waals surface area contributed by atoms with Gasteiger partial charge in [-0.05, 0) is 22.6 Å². The molecule has 0 aliphatic rings. The number of halogens is 1. The highest BCUT2D eigenvalue weighted by molar-refractivity contribution is 14.1. The van der Waals surface area contributed by atoms with Gasteiger partial charge < -0.3 is 5.73 Å². The first kappa shape index (κ1) is 6.87. The van der Waals surface area contributed by atoms with Gasteiger partial charge in [-0.1, -0.05) is 0 Å². The molecule has 4 heteroatoms. The largest absolute Gasteiger partial charge is 0.397 e. The minimum atomic E-state index is 0.922. The molecule has 2 aromatic heterocycles. The third-order valence-corrected chi connectivity index (χ3v) is 4.71. The lowest BCUT2D eigenvalue weighted by molar-refractivity contribution is 1.91. The van der Waals surface area contributed by atoms with Gasteiger partial charge >= 0.3 is 0 Å². The Bertz CT molecular complexity index is 331. The van der Waals surface area contributed by atoms with E-state index in [1.807, 2.05) is 5.38 Å². The Balaban J connectivity index is 2.98. The van der Waals surface area contributed by atoms with Crippen LogP contribution in [0.3, 0.4) is 0 Å². The molecular weight excluding hydrogens is 277 g/mol. The summed E-state index contributed by atoms with van der Waals surface area (Å²) in [6.45, 7) is 0.